The van der Waals surface area contributed by atoms with Crippen molar-refractivity contribution in [3.05, 3.63) is 48.3 Å². The molecule has 2 heterocycles. The van der Waals surface area contributed by atoms with E-state index in [4.69, 9.17) is 0 Å². The highest BCUT2D eigenvalue weighted by Crippen LogP contribution is 2.27. The average molecular weight is 298 g/mol. The van der Waals surface area contributed by atoms with Crippen molar-refractivity contribution >= 4 is 5.91 Å². The molecule has 5 nitrogen and oxygen atoms in total. The maximum absolute atomic E-state index is 12.4. The number of aromatic nitrogens is 3. The van der Waals surface area contributed by atoms with Crippen LogP contribution < -0.4 is 5.32 Å². The molecule has 0 saturated heterocycles. The first-order valence-electron chi connectivity index (χ1n) is 6.16. The molecule has 0 spiro atoms. The number of alkyl halides is 3. The minimum absolute atomic E-state index is 0.0838. The van der Waals surface area contributed by atoms with Gasteiger partial charge in [0.1, 0.15) is 5.69 Å². The van der Waals surface area contributed by atoms with Gasteiger partial charge in [0.15, 0.2) is 0 Å². The molecular formula is C13H13F3N4O. The number of nitrogens with one attached hydrogen (secondary N) is 1. The molecular weight excluding hydrogens is 285 g/mol. The quantitative estimate of drug-likeness (QED) is 0.940. The van der Waals surface area contributed by atoms with E-state index in [1.54, 1.807) is 30.2 Å². The van der Waals surface area contributed by atoms with Crippen LogP contribution in [0.1, 0.15) is 23.0 Å². The number of nitrogens with zero attached hydrogens (tertiary/aromatic N) is 3. The zero-order chi connectivity index (χ0) is 15.5. The lowest BCUT2D eigenvalue weighted by Crippen LogP contribution is -2.35. The van der Waals surface area contributed by atoms with E-state index in [0.29, 0.717) is 6.54 Å². The molecule has 1 atom stereocenters. The van der Waals surface area contributed by atoms with Crippen LogP contribution in [0.15, 0.2) is 37.1 Å². The first-order chi connectivity index (χ1) is 9.86. The number of rotatable bonds is 4. The highest BCUT2D eigenvalue weighted by atomic mass is 19.4. The monoisotopic (exact) mass is 298 g/mol. The molecule has 0 aromatic carbocycles. The molecule has 0 aliphatic heterocycles. The van der Waals surface area contributed by atoms with Gasteiger partial charge in [0.2, 0.25) is 0 Å². The third-order valence-electron chi connectivity index (χ3n) is 2.74. The average Bonchev–Trinajstić information content (AvgIpc) is 2.90. The van der Waals surface area contributed by atoms with Crippen LogP contribution in [0.25, 0.3) is 0 Å². The summed E-state index contributed by atoms with van der Waals surface area (Å²) in [6, 6.07) is 1.69. The largest absolute Gasteiger partial charge is 0.433 e. The Balaban J connectivity index is 1.97. The van der Waals surface area contributed by atoms with Crippen LogP contribution in [-0.4, -0.2) is 26.5 Å². The molecule has 2 aromatic heterocycles. The van der Waals surface area contributed by atoms with Gasteiger partial charge < -0.3 is 9.88 Å². The molecule has 0 aliphatic rings. The van der Waals surface area contributed by atoms with Gasteiger partial charge in [0, 0.05) is 31.2 Å². The molecule has 112 valence electrons. The van der Waals surface area contributed by atoms with Crippen LogP contribution in [0.4, 0.5) is 13.2 Å². The fourth-order valence-electron chi connectivity index (χ4n) is 1.76. The number of carbonyl (C=O) groups excluding carboxylic acids is 1. The molecule has 0 fully saturated rings. The number of imidazole rings is 1. The first-order valence-corrected chi connectivity index (χ1v) is 6.16. The molecule has 0 radical (unpaired) electrons. The number of hydrogen-bond donors (Lipinski definition) is 1. The Hall–Kier alpha value is -2.38. The SMILES string of the molecule is C[C@H](Cn1ccnc1)NC(=O)c1ccc(C(F)(F)F)nc1. The molecule has 21 heavy (non-hydrogen) atoms. The van der Waals surface area contributed by atoms with Gasteiger partial charge in [-0.25, -0.2) is 4.98 Å². The Morgan fingerprint density at radius 3 is 2.71 bits per heavy atom. The smallest absolute Gasteiger partial charge is 0.348 e. The van der Waals surface area contributed by atoms with E-state index in [0.717, 1.165) is 18.3 Å². The van der Waals surface area contributed by atoms with Crippen LogP contribution in [-0.2, 0) is 12.7 Å². The minimum atomic E-state index is -4.51. The molecule has 0 unspecified atom stereocenters. The maximum Gasteiger partial charge on any atom is 0.433 e. The van der Waals surface area contributed by atoms with Gasteiger partial charge in [0.05, 0.1) is 11.9 Å². The Kier molecular flexibility index (Phi) is 4.25. The van der Waals surface area contributed by atoms with Crippen LogP contribution in [0, 0.1) is 0 Å². The second-order valence-electron chi connectivity index (χ2n) is 4.56. The second-order valence-corrected chi connectivity index (χ2v) is 4.56. The number of amides is 1. The molecule has 0 saturated carbocycles. The standard InChI is InChI=1S/C13H13F3N4O/c1-9(7-20-5-4-17-8-20)19-12(21)10-2-3-11(18-6-10)13(14,15)16/h2-6,8-9H,7H2,1H3,(H,19,21)/t9-/m1/s1. The van der Waals surface area contributed by atoms with Crippen molar-refractivity contribution in [2.24, 2.45) is 0 Å². The van der Waals surface area contributed by atoms with Crippen molar-refractivity contribution < 1.29 is 18.0 Å². The summed E-state index contributed by atoms with van der Waals surface area (Å²) in [5.41, 5.74) is -0.939. The molecule has 0 bridgehead atoms. The summed E-state index contributed by atoms with van der Waals surface area (Å²) < 4.78 is 38.9. The van der Waals surface area contributed by atoms with Gasteiger partial charge in [-0.05, 0) is 19.1 Å². The molecule has 2 aromatic rings. The van der Waals surface area contributed by atoms with Gasteiger partial charge >= 0.3 is 6.18 Å². The number of pyridine rings is 1. The third-order valence-corrected chi connectivity index (χ3v) is 2.74. The fourth-order valence-corrected chi connectivity index (χ4v) is 1.76. The Morgan fingerprint density at radius 2 is 2.19 bits per heavy atom. The van der Waals surface area contributed by atoms with Crippen LogP contribution >= 0.6 is 0 Å². The first kappa shape index (κ1) is 15.0. The lowest BCUT2D eigenvalue weighted by atomic mass is 10.2. The van der Waals surface area contributed by atoms with Crippen LogP contribution in [0.3, 0.4) is 0 Å². The fraction of sp³-hybridized carbons (Fsp3) is 0.308. The lowest BCUT2D eigenvalue weighted by molar-refractivity contribution is -0.141. The third kappa shape index (κ3) is 4.04. The summed E-state index contributed by atoms with van der Waals surface area (Å²) in [5.74, 6) is -0.469. The van der Waals surface area contributed by atoms with Gasteiger partial charge in [-0.3, -0.25) is 9.78 Å². The predicted molar refractivity (Wildman–Crippen MR) is 68.4 cm³/mol. The number of hydrogen-bond acceptors (Lipinski definition) is 3. The highest BCUT2D eigenvalue weighted by molar-refractivity contribution is 5.94. The number of halogens is 3. The maximum atomic E-state index is 12.4. The summed E-state index contributed by atoms with van der Waals surface area (Å²) in [4.78, 5) is 19.0. The van der Waals surface area contributed by atoms with Crippen molar-refractivity contribution in [2.75, 3.05) is 0 Å². The van der Waals surface area contributed by atoms with E-state index in [2.05, 4.69) is 15.3 Å². The minimum Gasteiger partial charge on any atom is -0.348 e. The van der Waals surface area contributed by atoms with E-state index in [1.807, 2.05) is 0 Å². The highest BCUT2D eigenvalue weighted by Gasteiger charge is 2.32. The van der Waals surface area contributed by atoms with Gasteiger partial charge in [0.25, 0.3) is 5.91 Å². The van der Waals surface area contributed by atoms with E-state index in [-0.39, 0.29) is 11.6 Å². The van der Waals surface area contributed by atoms with Crippen molar-refractivity contribution in [2.45, 2.75) is 25.7 Å². The zero-order valence-corrected chi connectivity index (χ0v) is 11.1. The zero-order valence-electron chi connectivity index (χ0n) is 11.1. The summed E-state index contributed by atoms with van der Waals surface area (Å²) >= 11 is 0. The predicted octanol–water partition coefficient (Wildman–Crippen LogP) is 2.12. The normalized spacial score (nSPS) is 13.0. The Bertz CT molecular complexity index is 593. The van der Waals surface area contributed by atoms with E-state index >= 15 is 0 Å². The van der Waals surface area contributed by atoms with Gasteiger partial charge in [-0.2, -0.15) is 13.2 Å². The van der Waals surface area contributed by atoms with Gasteiger partial charge in [-0.1, -0.05) is 0 Å². The summed E-state index contributed by atoms with van der Waals surface area (Å²) in [6.07, 6.45) is 1.39. The van der Waals surface area contributed by atoms with Crippen LogP contribution in [0.2, 0.25) is 0 Å². The second kappa shape index (κ2) is 5.94. The molecule has 2 rings (SSSR count). The van der Waals surface area contributed by atoms with Gasteiger partial charge in [-0.15, -0.1) is 0 Å². The molecule has 8 heteroatoms. The molecule has 1 N–H and O–H groups in total. The van der Waals surface area contributed by atoms with Crippen molar-refractivity contribution in [1.29, 1.82) is 0 Å². The Morgan fingerprint density at radius 1 is 1.43 bits per heavy atom. The van der Waals surface area contributed by atoms with E-state index in [1.165, 1.54) is 0 Å². The van der Waals surface area contributed by atoms with Crippen molar-refractivity contribution in [1.82, 2.24) is 19.9 Å². The van der Waals surface area contributed by atoms with Crippen molar-refractivity contribution in [3.63, 3.8) is 0 Å². The Labute approximate surface area is 118 Å². The van der Waals surface area contributed by atoms with E-state index < -0.39 is 17.8 Å². The van der Waals surface area contributed by atoms with Crippen molar-refractivity contribution in [3.8, 4) is 0 Å². The summed E-state index contributed by atoms with van der Waals surface area (Å²) in [7, 11) is 0. The molecule has 1 amide bonds. The van der Waals surface area contributed by atoms with E-state index in [9.17, 15) is 18.0 Å². The number of carbonyl (C=O) groups is 1. The van der Waals surface area contributed by atoms with Crippen LogP contribution in [0.5, 0.6) is 0 Å². The summed E-state index contributed by atoms with van der Waals surface area (Å²) in [5, 5.41) is 2.68. The molecule has 0 aliphatic carbocycles. The topological polar surface area (TPSA) is 59.8 Å². The summed E-state index contributed by atoms with van der Waals surface area (Å²) in [6.45, 7) is 2.30. The lowest BCUT2D eigenvalue weighted by Gasteiger charge is -2.14.